The monoisotopic (exact) mass is 590 g/mol. The predicted molar refractivity (Wildman–Crippen MR) is 198 cm³/mol. The third-order valence-corrected chi connectivity index (χ3v) is 8.96. The quantitative estimate of drug-likeness (QED) is 0.190. The minimum Gasteiger partial charge on any atom is -0.309 e. The highest BCUT2D eigenvalue weighted by molar-refractivity contribution is 6.11. The molecule has 2 nitrogen and oxygen atoms in total. The number of hydrogen-bond acceptors (Lipinski definition) is 2. The Labute approximate surface area is 270 Å². The molecule has 0 unspecified atom stereocenters. The molecule has 0 saturated carbocycles. The Kier molecular flexibility index (Phi) is 6.96. The molecule has 220 valence electrons. The molecule has 2 heteroatoms. The Morgan fingerprint density at radius 3 is 1.02 bits per heavy atom. The van der Waals surface area contributed by atoms with E-state index in [-0.39, 0.29) is 0 Å². The number of rotatable bonds is 6. The minimum absolute atomic E-state index is 1.13. The summed E-state index contributed by atoms with van der Waals surface area (Å²) in [6.45, 7) is 4.28. The van der Waals surface area contributed by atoms with E-state index in [1.807, 2.05) is 0 Å². The van der Waals surface area contributed by atoms with Crippen molar-refractivity contribution >= 4 is 66.4 Å². The van der Waals surface area contributed by atoms with Crippen LogP contribution in [0.5, 0.6) is 0 Å². The maximum atomic E-state index is 2.42. The number of fused-ring (bicyclic) bond motifs is 3. The third-order valence-electron chi connectivity index (χ3n) is 8.96. The van der Waals surface area contributed by atoms with Crippen LogP contribution in [0.2, 0.25) is 0 Å². The summed E-state index contributed by atoms with van der Waals surface area (Å²) in [4.78, 5) is 4.84. The zero-order valence-corrected chi connectivity index (χ0v) is 26.1. The highest BCUT2D eigenvalue weighted by Crippen LogP contribution is 2.47. The third kappa shape index (κ3) is 4.85. The molecule has 0 amide bonds. The zero-order chi connectivity index (χ0) is 31.0. The lowest BCUT2D eigenvalue weighted by Crippen LogP contribution is -2.14. The molecule has 8 rings (SSSR count). The Morgan fingerprint density at radius 1 is 0.283 bits per heavy atom. The summed E-state index contributed by atoms with van der Waals surface area (Å²) in [5, 5.41) is 7.25. The second-order valence-corrected chi connectivity index (χ2v) is 12.0. The summed E-state index contributed by atoms with van der Waals surface area (Å²) >= 11 is 0. The summed E-state index contributed by atoms with van der Waals surface area (Å²) in [7, 11) is 0. The smallest absolute Gasteiger partial charge is 0.0541 e. The molecule has 8 aromatic carbocycles. The van der Waals surface area contributed by atoms with Gasteiger partial charge in [-0.2, -0.15) is 0 Å². The van der Waals surface area contributed by atoms with E-state index >= 15 is 0 Å². The highest BCUT2D eigenvalue weighted by Gasteiger charge is 2.22. The minimum atomic E-state index is 1.13. The summed E-state index contributed by atoms with van der Waals surface area (Å²) in [6.07, 6.45) is 0. The Bertz CT molecular complexity index is 2160. The molecule has 0 radical (unpaired) electrons. The molecule has 0 atom stereocenters. The highest BCUT2D eigenvalue weighted by atomic mass is 15.2. The van der Waals surface area contributed by atoms with Crippen LogP contribution in [0.4, 0.5) is 34.1 Å². The summed E-state index contributed by atoms with van der Waals surface area (Å²) in [5.41, 5.74) is 9.33. The van der Waals surface area contributed by atoms with E-state index in [0.717, 1.165) is 34.1 Å². The van der Waals surface area contributed by atoms with Gasteiger partial charge in [0.1, 0.15) is 0 Å². The van der Waals surface area contributed by atoms with Crippen LogP contribution in [-0.4, -0.2) is 0 Å². The molecule has 0 saturated heterocycles. The molecule has 0 bridgehead atoms. The fraction of sp³-hybridized carbons (Fsp3) is 0.0455. The van der Waals surface area contributed by atoms with Crippen molar-refractivity contribution in [2.45, 2.75) is 13.8 Å². The summed E-state index contributed by atoms with van der Waals surface area (Å²) in [6, 6.07) is 61.6. The molecule has 0 N–H and O–H groups in total. The SMILES string of the molecule is Cc1ccc(N(c2cccc3ccccc23)c2ccc(N(c3ccc(C)cc3)c3cccc4ccccc34)c3ccccc23)cc1. The van der Waals surface area contributed by atoms with Gasteiger partial charge in [-0.15, -0.1) is 0 Å². The lowest BCUT2D eigenvalue weighted by atomic mass is 10.0. The number of aryl methyl sites for hydroxylation is 2. The first kappa shape index (κ1) is 27.7. The van der Waals surface area contributed by atoms with E-state index in [0.29, 0.717) is 0 Å². The Morgan fingerprint density at radius 2 is 0.609 bits per heavy atom. The molecular weight excluding hydrogens is 556 g/mol. The standard InChI is InChI=1S/C44H34N2/c1-31-21-25-35(26-22-31)45(41-19-9-13-33-11-3-5-15-37(33)41)43-29-30-44(40-18-8-7-17-39(40)43)46(36-27-23-32(2)24-28-36)42-20-10-14-34-12-4-6-16-38(34)42/h3-30H,1-2H3. The predicted octanol–water partition coefficient (Wildman–Crippen LogP) is 12.7. The van der Waals surface area contributed by atoms with E-state index in [1.165, 1.54) is 43.4 Å². The van der Waals surface area contributed by atoms with Gasteiger partial charge in [-0.25, -0.2) is 0 Å². The lowest BCUT2D eigenvalue weighted by Gasteiger charge is -2.31. The molecule has 0 aromatic heterocycles. The molecule has 46 heavy (non-hydrogen) atoms. The van der Waals surface area contributed by atoms with Crippen molar-refractivity contribution in [1.29, 1.82) is 0 Å². The number of anilines is 6. The van der Waals surface area contributed by atoms with Crippen LogP contribution in [-0.2, 0) is 0 Å². The van der Waals surface area contributed by atoms with Crippen molar-refractivity contribution in [2.75, 3.05) is 9.80 Å². The van der Waals surface area contributed by atoms with Gasteiger partial charge in [0.25, 0.3) is 0 Å². The van der Waals surface area contributed by atoms with E-state index in [9.17, 15) is 0 Å². The van der Waals surface area contributed by atoms with Crippen molar-refractivity contribution in [3.63, 3.8) is 0 Å². The van der Waals surface area contributed by atoms with Gasteiger partial charge in [-0.1, -0.05) is 132 Å². The first-order chi connectivity index (χ1) is 22.7. The van der Waals surface area contributed by atoms with E-state index in [4.69, 9.17) is 0 Å². The average Bonchev–Trinajstić information content (AvgIpc) is 3.11. The van der Waals surface area contributed by atoms with Crippen LogP contribution in [0.15, 0.2) is 170 Å². The molecule has 0 spiro atoms. The van der Waals surface area contributed by atoms with Gasteiger partial charge in [0.2, 0.25) is 0 Å². The molecule has 0 aliphatic heterocycles. The first-order valence-corrected chi connectivity index (χ1v) is 15.9. The number of nitrogens with zero attached hydrogens (tertiary/aromatic N) is 2. The van der Waals surface area contributed by atoms with Gasteiger partial charge in [0.15, 0.2) is 0 Å². The Hall–Kier alpha value is -5.86. The van der Waals surface area contributed by atoms with Gasteiger partial charge in [0.05, 0.1) is 22.7 Å². The summed E-state index contributed by atoms with van der Waals surface area (Å²) in [5.74, 6) is 0. The van der Waals surface area contributed by atoms with E-state index < -0.39 is 0 Å². The van der Waals surface area contributed by atoms with Gasteiger partial charge in [0, 0.05) is 32.9 Å². The number of benzene rings is 8. The van der Waals surface area contributed by atoms with Crippen LogP contribution in [0, 0.1) is 13.8 Å². The molecule has 0 aliphatic carbocycles. The van der Waals surface area contributed by atoms with E-state index in [2.05, 4.69) is 194 Å². The lowest BCUT2D eigenvalue weighted by molar-refractivity contribution is 1.28. The zero-order valence-electron chi connectivity index (χ0n) is 26.1. The second-order valence-electron chi connectivity index (χ2n) is 12.0. The van der Waals surface area contributed by atoms with Gasteiger partial charge < -0.3 is 9.80 Å². The maximum Gasteiger partial charge on any atom is 0.0541 e. The fourth-order valence-electron chi connectivity index (χ4n) is 6.67. The fourth-order valence-corrected chi connectivity index (χ4v) is 6.67. The molecule has 0 fully saturated rings. The van der Waals surface area contributed by atoms with Crippen LogP contribution in [0.3, 0.4) is 0 Å². The largest absolute Gasteiger partial charge is 0.309 e. The Balaban J connectivity index is 1.41. The topological polar surface area (TPSA) is 6.48 Å². The van der Waals surface area contributed by atoms with Crippen molar-refractivity contribution in [3.8, 4) is 0 Å². The van der Waals surface area contributed by atoms with Gasteiger partial charge >= 0.3 is 0 Å². The van der Waals surface area contributed by atoms with Crippen LogP contribution < -0.4 is 9.80 Å². The summed E-state index contributed by atoms with van der Waals surface area (Å²) < 4.78 is 0. The molecular formula is C44H34N2. The maximum absolute atomic E-state index is 2.42. The van der Waals surface area contributed by atoms with Crippen molar-refractivity contribution in [3.05, 3.63) is 181 Å². The van der Waals surface area contributed by atoms with Crippen molar-refractivity contribution in [1.82, 2.24) is 0 Å². The normalized spacial score (nSPS) is 11.3. The molecule has 0 aliphatic rings. The van der Waals surface area contributed by atoms with Crippen molar-refractivity contribution < 1.29 is 0 Å². The van der Waals surface area contributed by atoms with Crippen LogP contribution in [0.1, 0.15) is 11.1 Å². The van der Waals surface area contributed by atoms with Crippen molar-refractivity contribution in [2.24, 2.45) is 0 Å². The van der Waals surface area contributed by atoms with E-state index in [1.54, 1.807) is 0 Å². The second kappa shape index (κ2) is 11.6. The van der Waals surface area contributed by atoms with Crippen LogP contribution in [0.25, 0.3) is 32.3 Å². The van der Waals surface area contributed by atoms with Crippen LogP contribution >= 0.6 is 0 Å². The number of hydrogen-bond donors (Lipinski definition) is 0. The first-order valence-electron chi connectivity index (χ1n) is 15.9. The van der Waals surface area contributed by atoms with Gasteiger partial charge in [-0.3, -0.25) is 0 Å². The van der Waals surface area contributed by atoms with Gasteiger partial charge in [-0.05, 0) is 73.2 Å². The average molecular weight is 591 g/mol. The molecule has 0 heterocycles. The molecule has 8 aromatic rings.